The van der Waals surface area contributed by atoms with Gasteiger partial charge in [0, 0.05) is 19.6 Å². The molecule has 2 N–H and O–H groups in total. The topological polar surface area (TPSA) is 66.6 Å². The van der Waals surface area contributed by atoms with Crippen LogP contribution in [0.4, 0.5) is 4.39 Å². The highest BCUT2D eigenvalue weighted by Crippen LogP contribution is 2.25. The molecule has 2 atom stereocenters. The molecule has 2 fully saturated rings. The van der Waals surface area contributed by atoms with Crippen molar-refractivity contribution in [1.82, 2.24) is 9.80 Å². The van der Waals surface area contributed by atoms with Gasteiger partial charge in [0.05, 0.1) is 12.5 Å². The van der Waals surface area contributed by atoms with Crippen molar-refractivity contribution in [3.63, 3.8) is 0 Å². The number of benzene rings is 1. The molecule has 2 amide bonds. The van der Waals surface area contributed by atoms with E-state index in [0.717, 1.165) is 57.3 Å². The lowest BCUT2D eigenvalue weighted by Gasteiger charge is -2.38. The molecule has 26 heavy (non-hydrogen) atoms. The first-order chi connectivity index (χ1) is 12.5. The number of hydrogen-bond acceptors (Lipinski definition) is 3. The molecule has 5 nitrogen and oxygen atoms in total. The number of carbonyl (C=O) groups excluding carboxylic acids is 2. The van der Waals surface area contributed by atoms with Crippen LogP contribution >= 0.6 is 0 Å². The van der Waals surface area contributed by atoms with Gasteiger partial charge in [0.25, 0.3) is 0 Å². The van der Waals surface area contributed by atoms with E-state index in [9.17, 15) is 14.0 Å². The largest absolute Gasteiger partial charge is 0.369 e. The Morgan fingerprint density at radius 1 is 1.08 bits per heavy atom. The lowest BCUT2D eigenvalue weighted by molar-refractivity contribution is -0.139. The number of nitrogens with two attached hydrogens (primary N) is 1. The van der Waals surface area contributed by atoms with Crippen molar-refractivity contribution in [3.8, 4) is 0 Å². The summed E-state index contributed by atoms with van der Waals surface area (Å²) in [5.74, 6) is 0.0431. The van der Waals surface area contributed by atoms with Crippen LogP contribution in [0, 0.1) is 17.7 Å². The molecule has 2 heterocycles. The third-order valence-electron chi connectivity index (χ3n) is 5.50. The van der Waals surface area contributed by atoms with Gasteiger partial charge in [-0.25, -0.2) is 4.39 Å². The Balaban J connectivity index is 1.55. The second-order valence-electron chi connectivity index (χ2n) is 7.66. The zero-order valence-electron chi connectivity index (χ0n) is 15.2. The van der Waals surface area contributed by atoms with Crippen LogP contribution in [0.5, 0.6) is 0 Å². The molecular weight excluding hydrogens is 333 g/mol. The van der Waals surface area contributed by atoms with E-state index >= 15 is 0 Å². The van der Waals surface area contributed by atoms with E-state index in [1.165, 1.54) is 12.1 Å². The van der Waals surface area contributed by atoms with Crippen molar-refractivity contribution < 1.29 is 14.0 Å². The fourth-order valence-corrected chi connectivity index (χ4v) is 4.26. The van der Waals surface area contributed by atoms with Gasteiger partial charge in [0.15, 0.2) is 0 Å². The summed E-state index contributed by atoms with van der Waals surface area (Å²) in [4.78, 5) is 28.1. The second-order valence-corrected chi connectivity index (χ2v) is 7.66. The molecule has 2 unspecified atom stereocenters. The van der Waals surface area contributed by atoms with E-state index in [-0.39, 0.29) is 30.1 Å². The van der Waals surface area contributed by atoms with Crippen molar-refractivity contribution in [1.29, 1.82) is 0 Å². The van der Waals surface area contributed by atoms with E-state index in [0.29, 0.717) is 12.5 Å². The monoisotopic (exact) mass is 361 g/mol. The second kappa shape index (κ2) is 8.62. The van der Waals surface area contributed by atoms with Crippen LogP contribution in [-0.4, -0.2) is 54.3 Å². The van der Waals surface area contributed by atoms with Crippen LogP contribution in [-0.2, 0) is 16.0 Å². The Morgan fingerprint density at radius 2 is 1.81 bits per heavy atom. The zero-order chi connectivity index (χ0) is 18.5. The van der Waals surface area contributed by atoms with Gasteiger partial charge in [-0.05, 0) is 62.3 Å². The van der Waals surface area contributed by atoms with Gasteiger partial charge in [-0.15, -0.1) is 0 Å². The normalized spacial score (nSPS) is 24.4. The van der Waals surface area contributed by atoms with Gasteiger partial charge < -0.3 is 10.6 Å². The maximum atomic E-state index is 13.1. The minimum absolute atomic E-state index is 0.0346. The summed E-state index contributed by atoms with van der Waals surface area (Å²) in [5.41, 5.74) is 6.41. The molecule has 0 spiro atoms. The smallest absolute Gasteiger partial charge is 0.231 e. The van der Waals surface area contributed by atoms with Gasteiger partial charge in [0.1, 0.15) is 5.82 Å². The number of primary amides is 1. The van der Waals surface area contributed by atoms with Crippen molar-refractivity contribution >= 4 is 11.8 Å². The fraction of sp³-hybridized carbons (Fsp3) is 0.600. The summed E-state index contributed by atoms with van der Waals surface area (Å²) in [6.45, 7) is 3.27. The van der Waals surface area contributed by atoms with Crippen molar-refractivity contribution in [2.24, 2.45) is 17.6 Å². The maximum absolute atomic E-state index is 13.1. The number of carbonyl (C=O) groups is 2. The lowest BCUT2D eigenvalue weighted by atomic mass is 9.89. The molecule has 0 saturated carbocycles. The Labute approximate surface area is 154 Å². The molecule has 0 aliphatic carbocycles. The van der Waals surface area contributed by atoms with Crippen LogP contribution in [0.1, 0.15) is 31.2 Å². The predicted octanol–water partition coefficient (Wildman–Crippen LogP) is 1.80. The highest BCUT2D eigenvalue weighted by Gasteiger charge is 2.32. The highest BCUT2D eigenvalue weighted by atomic mass is 19.1. The van der Waals surface area contributed by atoms with E-state index in [2.05, 4.69) is 0 Å². The number of rotatable bonds is 5. The number of nitrogens with zero attached hydrogens (tertiary/aromatic N) is 2. The molecule has 6 heteroatoms. The van der Waals surface area contributed by atoms with Gasteiger partial charge in [0.2, 0.25) is 11.8 Å². The van der Waals surface area contributed by atoms with Gasteiger partial charge >= 0.3 is 0 Å². The van der Waals surface area contributed by atoms with Crippen molar-refractivity contribution in [2.75, 3.05) is 32.7 Å². The average Bonchev–Trinajstić information content (AvgIpc) is 2.63. The van der Waals surface area contributed by atoms with E-state index in [1.807, 2.05) is 21.9 Å². The number of hydrogen-bond donors (Lipinski definition) is 1. The highest BCUT2D eigenvalue weighted by molar-refractivity contribution is 5.80. The summed E-state index contributed by atoms with van der Waals surface area (Å²) >= 11 is 0. The summed E-state index contributed by atoms with van der Waals surface area (Å²) < 4.78 is 13.1. The summed E-state index contributed by atoms with van der Waals surface area (Å²) in [6, 6.07) is 6.66. The standard InChI is InChI=1S/C20H28FN3O2/c21-18-7-5-15(6-8-18)11-16-3-1-10-24(12-16)20(26)17-4-2-9-23(13-17)14-19(22)25/h5-8,16-17H,1-4,9-14H2,(H2,22,25). The third kappa shape index (κ3) is 5.04. The lowest BCUT2D eigenvalue weighted by Crippen LogP contribution is -2.49. The number of halogens is 1. The fourth-order valence-electron chi connectivity index (χ4n) is 4.26. The van der Waals surface area contributed by atoms with Gasteiger partial charge in [-0.3, -0.25) is 14.5 Å². The van der Waals surface area contributed by atoms with Gasteiger partial charge in [-0.1, -0.05) is 12.1 Å². The third-order valence-corrected chi connectivity index (χ3v) is 5.50. The van der Waals surface area contributed by atoms with Crippen molar-refractivity contribution in [3.05, 3.63) is 35.6 Å². The maximum Gasteiger partial charge on any atom is 0.231 e. The van der Waals surface area contributed by atoms with E-state index in [1.54, 1.807) is 0 Å². The molecule has 2 aliphatic rings. The Kier molecular flexibility index (Phi) is 6.25. The van der Waals surface area contributed by atoms with Crippen molar-refractivity contribution in [2.45, 2.75) is 32.1 Å². The Bertz CT molecular complexity index is 634. The number of piperidine rings is 2. The van der Waals surface area contributed by atoms with Crippen LogP contribution in [0.25, 0.3) is 0 Å². The molecular formula is C20H28FN3O2. The molecule has 0 aromatic heterocycles. The van der Waals surface area contributed by atoms with E-state index < -0.39 is 0 Å². The molecule has 1 aromatic carbocycles. The zero-order valence-corrected chi connectivity index (χ0v) is 15.2. The van der Waals surface area contributed by atoms with Crippen LogP contribution < -0.4 is 5.73 Å². The SMILES string of the molecule is NC(=O)CN1CCCC(C(=O)N2CCCC(Cc3ccc(F)cc3)C2)C1. The van der Waals surface area contributed by atoms with Crippen LogP contribution in [0.3, 0.4) is 0 Å². The Morgan fingerprint density at radius 3 is 2.54 bits per heavy atom. The predicted molar refractivity (Wildman–Crippen MR) is 97.8 cm³/mol. The summed E-state index contributed by atoms with van der Waals surface area (Å²) in [5, 5.41) is 0. The first-order valence-electron chi connectivity index (χ1n) is 9.55. The molecule has 0 bridgehead atoms. The first kappa shape index (κ1) is 18.8. The minimum atomic E-state index is -0.338. The average molecular weight is 361 g/mol. The van der Waals surface area contributed by atoms with Gasteiger partial charge in [-0.2, -0.15) is 0 Å². The first-order valence-corrected chi connectivity index (χ1v) is 9.55. The Hall–Kier alpha value is -1.95. The molecule has 142 valence electrons. The molecule has 1 aromatic rings. The van der Waals surface area contributed by atoms with E-state index in [4.69, 9.17) is 5.73 Å². The summed E-state index contributed by atoms with van der Waals surface area (Å²) in [7, 11) is 0. The number of amides is 2. The van der Waals surface area contributed by atoms with Crippen LogP contribution in [0.2, 0.25) is 0 Å². The quantitative estimate of drug-likeness (QED) is 0.870. The molecule has 2 aliphatic heterocycles. The molecule has 3 rings (SSSR count). The minimum Gasteiger partial charge on any atom is -0.369 e. The summed E-state index contributed by atoms with van der Waals surface area (Å²) in [6.07, 6.45) is 4.79. The molecule has 0 radical (unpaired) electrons. The van der Waals surface area contributed by atoms with Crippen LogP contribution in [0.15, 0.2) is 24.3 Å². The number of likely N-dealkylation sites (tertiary alicyclic amines) is 2. The molecule has 2 saturated heterocycles.